The third kappa shape index (κ3) is 7.67. The summed E-state index contributed by atoms with van der Waals surface area (Å²) in [6.07, 6.45) is 4.53. The van der Waals surface area contributed by atoms with Crippen molar-refractivity contribution >= 4 is 29.8 Å². The molecule has 5 N–H and O–H groups in total. The van der Waals surface area contributed by atoms with Crippen LogP contribution in [0.1, 0.15) is 12.8 Å². The first kappa shape index (κ1) is 24.3. The molecule has 0 atom stereocenters. The largest absolute Gasteiger partial charge is 0.457 e. The lowest BCUT2D eigenvalue weighted by atomic mass is 10.2. The van der Waals surface area contributed by atoms with Crippen LogP contribution in [0.15, 0.2) is 60.8 Å². The number of aldehydes is 2. The SMILES string of the molecule is CNc1ccc(Oc2ccnc(N)c2)cc1F.Nc1ccc(F)cc1.O=CC1(C=O)CC1. The highest BCUT2D eigenvalue weighted by Crippen LogP contribution is 2.40. The Morgan fingerprint density at radius 1 is 0.969 bits per heavy atom. The maximum atomic E-state index is 13.5. The van der Waals surface area contributed by atoms with Gasteiger partial charge < -0.3 is 31.1 Å². The number of halogens is 2. The Morgan fingerprint density at radius 3 is 2.03 bits per heavy atom. The quantitative estimate of drug-likeness (QED) is 0.307. The molecule has 7 nitrogen and oxygen atoms in total. The Hall–Kier alpha value is -4.01. The summed E-state index contributed by atoms with van der Waals surface area (Å²) >= 11 is 0. The van der Waals surface area contributed by atoms with E-state index in [2.05, 4.69) is 10.3 Å². The minimum atomic E-state index is -0.528. The number of ether oxygens (including phenoxy) is 1. The molecule has 9 heteroatoms. The molecule has 1 fully saturated rings. The number of benzene rings is 2. The van der Waals surface area contributed by atoms with Crippen LogP contribution in [0.3, 0.4) is 0 Å². The summed E-state index contributed by atoms with van der Waals surface area (Å²) in [4.78, 5) is 23.6. The van der Waals surface area contributed by atoms with E-state index in [0.29, 0.717) is 28.7 Å². The van der Waals surface area contributed by atoms with E-state index in [-0.39, 0.29) is 11.6 Å². The van der Waals surface area contributed by atoms with Gasteiger partial charge in [-0.1, -0.05) is 0 Å². The summed E-state index contributed by atoms with van der Waals surface area (Å²) in [7, 11) is 1.66. The van der Waals surface area contributed by atoms with Crippen LogP contribution in [0, 0.1) is 17.0 Å². The van der Waals surface area contributed by atoms with Gasteiger partial charge in [-0.05, 0) is 55.3 Å². The standard InChI is InChI=1S/C12H12FN3O.C6H6FN.C5H6O2/c1-15-11-3-2-8(6-10(11)13)17-9-4-5-16-12(14)7-9;7-5-1-3-6(8)4-2-5;6-3-5(4-7)1-2-5/h2-7,15H,1H3,(H2,14,16);1-4H,8H2;3-4H,1-2H2. The van der Waals surface area contributed by atoms with Gasteiger partial charge in [0.2, 0.25) is 0 Å². The molecular formula is C23H24F2N4O3. The van der Waals surface area contributed by atoms with Crippen molar-refractivity contribution in [1.82, 2.24) is 4.98 Å². The molecule has 2 aromatic carbocycles. The second-order valence-corrected chi connectivity index (χ2v) is 6.93. The van der Waals surface area contributed by atoms with Crippen molar-refractivity contribution in [2.45, 2.75) is 12.8 Å². The van der Waals surface area contributed by atoms with Crippen molar-refractivity contribution < 1.29 is 23.1 Å². The summed E-state index contributed by atoms with van der Waals surface area (Å²) in [5.41, 5.74) is 11.3. The van der Waals surface area contributed by atoms with Crippen molar-refractivity contribution in [3.05, 3.63) is 72.4 Å². The predicted molar refractivity (Wildman–Crippen MR) is 119 cm³/mol. The van der Waals surface area contributed by atoms with E-state index >= 15 is 0 Å². The Morgan fingerprint density at radius 2 is 1.59 bits per heavy atom. The Labute approximate surface area is 184 Å². The number of nitrogens with zero attached hydrogens (tertiary/aromatic N) is 1. The molecule has 1 aliphatic rings. The van der Waals surface area contributed by atoms with Crippen molar-refractivity contribution in [2.75, 3.05) is 23.8 Å². The zero-order chi connectivity index (χ0) is 23.6. The summed E-state index contributed by atoms with van der Waals surface area (Å²) < 4.78 is 30.9. The lowest BCUT2D eigenvalue weighted by molar-refractivity contribution is -0.120. The van der Waals surface area contributed by atoms with Gasteiger partial charge in [0.1, 0.15) is 41.5 Å². The maximum Gasteiger partial charge on any atom is 0.149 e. The molecule has 3 aromatic rings. The minimum Gasteiger partial charge on any atom is -0.457 e. The van der Waals surface area contributed by atoms with E-state index in [4.69, 9.17) is 16.2 Å². The van der Waals surface area contributed by atoms with Crippen molar-refractivity contribution in [3.63, 3.8) is 0 Å². The first-order valence-corrected chi connectivity index (χ1v) is 9.61. The first-order chi connectivity index (χ1) is 15.3. The number of rotatable bonds is 5. The Balaban J connectivity index is 0.000000199. The Bertz CT molecular complexity index is 1010. The van der Waals surface area contributed by atoms with Gasteiger partial charge in [0.15, 0.2) is 0 Å². The summed E-state index contributed by atoms with van der Waals surface area (Å²) in [6, 6.07) is 13.5. The van der Waals surface area contributed by atoms with E-state index in [9.17, 15) is 18.4 Å². The van der Waals surface area contributed by atoms with Gasteiger partial charge in [-0.15, -0.1) is 0 Å². The molecule has 0 saturated heterocycles. The van der Waals surface area contributed by atoms with Crippen LogP contribution >= 0.6 is 0 Å². The lowest BCUT2D eigenvalue weighted by Crippen LogP contribution is -2.01. The second kappa shape index (κ2) is 11.4. The fourth-order valence-electron chi connectivity index (χ4n) is 2.26. The average Bonchev–Trinajstić information content (AvgIpc) is 3.58. The highest BCUT2D eigenvalue weighted by atomic mass is 19.1. The molecule has 0 unspecified atom stereocenters. The van der Waals surface area contributed by atoms with E-state index in [1.165, 1.54) is 36.5 Å². The number of hydrogen-bond acceptors (Lipinski definition) is 7. The summed E-state index contributed by atoms with van der Waals surface area (Å²) in [6.45, 7) is 0. The average molecular weight is 442 g/mol. The molecule has 4 rings (SSSR count). The number of aromatic nitrogens is 1. The van der Waals surface area contributed by atoms with E-state index < -0.39 is 5.41 Å². The number of carbonyl (C=O) groups is 2. The molecule has 0 radical (unpaired) electrons. The molecule has 168 valence electrons. The third-order valence-electron chi connectivity index (χ3n) is 4.36. The van der Waals surface area contributed by atoms with Crippen LogP contribution < -0.4 is 21.5 Å². The van der Waals surface area contributed by atoms with Gasteiger partial charge >= 0.3 is 0 Å². The lowest BCUT2D eigenvalue weighted by Gasteiger charge is -2.08. The van der Waals surface area contributed by atoms with E-state index in [1.54, 1.807) is 31.3 Å². The van der Waals surface area contributed by atoms with Crippen LogP contribution in [-0.4, -0.2) is 24.6 Å². The number of carbonyl (C=O) groups excluding carboxylic acids is 2. The van der Waals surface area contributed by atoms with Crippen LogP contribution in [-0.2, 0) is 9.59 Å². The molecule has 1 aliphatic carbocycles. The van der Waals surface area contributed by atoms with Crippen molar-refractivity contribution in [2.24, 2.45) is 5.41 Å². The number of hydrogen-bond donors (Lipinski definition) is 3. The van der Waals surface area contributed by atoms with Gasteiger partial charge in [-0.3, -0.25) is 0 Å². The zero-order valence-electron chi connectivity index (χ0n) is 17.4. The van der Waals surface area contributed by atoms with Crippen LogP contribution in [0.25, 0.3) is 0 Å². The summed E-state index contributed by atoms with van der Waals surface area (Å²) in [5, 5.41) is 2.73. The van der Waals surface area contributed by atoms with Gasteiger partial charge in [0, 0.05) is 31.1 Å². The number of nitrogens with two attached hydrogens (primary N) is 2. The first-order valence-electron chi connectivity index (χ1n) is 9.61. The van der Waals surface area contributed by atoms with Crippen LogP contribution in [0.2, 0.25) is 0 Å². The molecule has 0 spiro atoms. The number of nitrogens with one attached hydrogen (secondary N) is 1. The molecule has 1 heterocycles. The van der Waals surface area contributed by atoms with E-state index in [1.807, 2.05) is 0 Å². The van der Waals surface area contributed by atoms with E-state index in [0.717, 1.165) is 25.4 Å². The van der Waals surface area contributed by atoms with Crippen LogP contribution in [0.4, 0.5) is 26.0 Å². The molecule has 0 amide bonds. The molecule has 32 heavy (non-hydrogen) atoms. The normalized spacial score (nSPS) is 12.7. The molecule has 0 aliphatic heterocycles. The maximum absolute atomic E-state index is 13.5. The van der Waals surface area contributed by atoms with Gasteiger partial charge in [-0.2, -0.15) is 0 Å². The zero-order valence-corrected chi connectivity index (χ0v) is 17.4. The predicted octanol–water partition coefficient (Wildman–Crippen LogP) is 4.21. The topological polar surface area (TPSA) is 120 Å². The molecule has 1 aromatic heterocycles. The monoisotopic (exact) mass is 442 g/mol. The molecular weight excluding hydrogens is 418 g/mol. The molecule has 0 bridgehead atoms. The number of pyridine rings is 1. The van der Waals surface area contributed by atoms with Gasteiger partial charge in [-0.25, -0.2) is 13.8 Å². The minimum absolute atomic E-state index is 0.251. The fraction of sp³-hybridized carbons (Fsp3) is 0.174. The summed E-state index contributed by atoms with van der Waals surface area (Å²) in [5.74, 6) is 0.669. The Kier molecular flexibility index (Phi) is 8.64. The number of nitrogen functional groups attached to an aromatic ring is 2. The van der Waals surface area contributed by atoms with Crippen LogP contribution in [0.5, 0.6) is 11.5 Å². The highest BCUT2D eigenvalue weighted by Gasteiger charge is 2.42. The van der Waals surface area contributed by atoms with Crippen molar-refractivity contribution in [1.29, 1.82) is 0 Å². The molecule has 1 saturated carbocycles. The number of anilines is 3. The highest BCUT2D eigenvalue weighted by molar-refractivity contribution is 5.87. The van der Waals surface area contributed by atoms with Gasteiger partial charge in [0.25, 0.3) is 0 Å². The fourth-order valence-corrected chi connectivity index (χ4v) is 2.26. The smallest absolute Gasteiger partial charge is 0.149 e. The second-order valence-electron chi connectivity index (χ2n) is 6.93. The van der Waals surface area contributed by atoms with Crippen molar-refractivity contribution in [3.8, 4) is 11.5 Å². The van der Waals surface area contributed by atoms with Gasteiger partial charge in [0.05, 0.1) is 11.1 Å². The third-order valence-corrected chi connectivity index (χ3v) is 4.36.